The van der Waals surface area contributed by atoms with Gasteiger partial charge in [0.15, 0.2) is 0 Å². The lowest BCUT2D eigenvalue weighted by atomic mass is 9.91. The number of nitrogens with one attached hydrogen (secondary N) is 1. The van der Waals surface area contributed by atoms with E-state index in [4.69, 9.17) is 9.72 Å². The van der Waals surface area contributed by atoms with E-state index in [9.17, 15) is 0 Å². The van der Waals surface area contributed by atoms with Crippen molar-refractivity contribution in [1.82, 2.24) is 10.3 Å². The van der Waals surface area contributed by atoms with Gasteiger partial charge in [-0.15, -0.1) is 11.3 Å². The third-order valence-corrected chi connectivity index (χ3v) is 4.13. The fourth-order valence-electron chi connectivity index (χ4n) is 1.90. The molecule has 0 unspecified atom stereocenters. The number of thiazole rings is 1. The largest absolute Gasteiger partial charge is 0.369 e. The molecule has 0 amide bonds. The first kappa shape index (κ1) is 15.6. The van der Waals surface area contributed by atoms with Crippen molar-refractivity contribution in [2.45, 2.75) is 59.1 Å². The highest BCUT2D eigenvalue weighted by Gasteiger charge is 2.30. The van der Waals surface area contributed by atoms with Crippen molar-refractivity contribution in [3.8, 4) is 0 Å². The molecule has 1 heterocycles. The van der Waals surface area contributed by atoms with Crippen LogP contribution in [0.15, 0.2) is 0 Å². The Morgan fingerprint density at radius 1 is 1.22 bits per heavy atom. The Bertz CT molecular complexity index is 391. The maximum atomic E-state index is 5.80. The van der Waals surface area contributed by atoms with Gasteiger partial charge in [0.25, 0.3) is 0 Å². The van der Waals surface area contributed by atoms with E-state index in [1.54, 1.807) is 11.3 Å². The van der Waals surface area contributed by atoms with E-state index in [1.807, 2.05) is 14.0 Å². The van der Waals surface area contributed by atoms with Crippen molar-refractivity contribution in [3.05, 3.63) is 15.6 Å². The Labute approximate surface area is 115 Å². The maximum Gasteiger partial charge on any atom is 0.125 e. The average molecular weight is 270 g/mol. The molecule has 0 fully saturated rings. The lowest BCUT2D eigenvalue weighted by Gasteiger charge is -2.22. The minimum atomic E-state index is -0.300. The Morgan fingerprint density at radius 3 is 2.28 bits per heavy atom. The van der Waals surface area contributed by atoms with Crippen molar-refractivity contribution in [2.75, 3.05) is 13.7 Å². The molecule has 0 aliphatic heterocycles. The molecule has 104 valence electrons. The maximum absolute atomic E-state index is 5.80. The van der Waals surface area contributed by atoms with E-state index in [2.05, 4.69) is 39.9 Å². The van der Waals surface area contributed by atoms with Crippen molar-refractivity contribution in [1.29, 1.82) is 0 Å². The average Bonchev–Trinajstić information content (AvgIpc) is 2.62. The van der Waals surface area contributed by atoms with E-state index in [1.165, 1.54) is 10.6 Å². The zero-order chi connectivity index (χ0) is 14.0. The Morgan fingerprint density at radius 2 is 1.83 bits per heavy atom. The number of hydrogen-bond acceptors (Lipinski definition) is 4. The monoisotopic (exact) mass is 270 g/mol. The quantitative estimate of drug-likeness (QED) is 0.890. The molecule has 0 radical (unpaired) electrons. The molecule has 0 aliphatic carbocycles. The van der Waals surface area contributed by atoms with E-state index in [0.29, 0.717) is 6.61 Å². The molecule has 1 rings (SSSR count). The second-order valence-electron chi connectivity index (χ2n) is 6.01. The fraction of sp³-hybridized carbons (Fsp3) is 0.786. The van der Waals surface area contributed by atoms with Gasteiger partial charge in [-0.2, -0.15) is 0 Å². The Hall–Kier alpha value is -0.450. The molecule has 1 N–H and O–H groups in total. The molecular weight excluding hydrogens is 244 g/mol. The minimum Gasteiger partial charge on any atom is -0.369 e. The number of ether oxygens (including phenoxy) is 1. The van der Waals surface area contributed by atoms with Crippen LogP contribution in [0.3, 0.4) is 0 Å². The molecule has 0 aromatic carbocycles. The molecule has 0 aliphatic rings. The Kier molecular flexibility index (Phi) is 4.92. The van der Waals surface area contributed by atoms with Gasteiger partial charge in [-0.25, -0.2) is 4.98 Å². The van der Waals surface area contributed by atoms with Crippen LogP contribution in [0.4, 0.5) is 0 Å². The Balaban J connectivity index is 3.17. The van der Waals surface area contributed by atoms with Crippen molar-refractivity contribution < 1.29 is 4.74 Å². The molecule has 4 heteroatoms. The fourth-order valence-corrected chi connectivity index (χ4v) is 3.24. The SMILES string of the molecule is CCOC(C)(C)c1nc(C(C)(C)C)c(CNC)s1. The van der Waals surface area contributed by atoms with Gasteiger partial charge in [0.05, 0.1) is 5.69 Å². The highest BCUT2D eigenvalue weighted by molar-refractivity contribution is 7.11. The zero-order valence-corrected chi connectivity index (χ0v) is 13.5. The number of nitrogens with zero attached hydrogens (tertiary/aromatic N) is 1. The zero-order valence-electron chi connectivity index (χ0n) is 12.7. The molecule has 3 nitrogen and oxygen atoms in total. The molecule has 0 bridgehead atoms. The van der Waals surface area contributed by atoms with Crippen LogP contribution in [-0.2, 0) is 22.3 Å². The second kappa shape index (κ2) is 5.68. The summed E-state index contributed by atoms with van der Waals surface area (Å²) in [6.45, 7) is 14.4. The molecular formula is C14H26N2OS. The van der Waals surface area contributed by atoms with E-state index in [0.717, 1.165) is 11.6 Å². The van der Waals surface area contributed by atoms with Crippen LogP contribution in [0.1, 0.15) is 57.1 Å². The highest BCUT2D eigenvalue weighted by Crippen LogP contribution is 2.35. The van der Waals surface area contributed by atoms with Crippen LogP contribution in [0.5, 0.6) is 0 Å². The summed E-state index contributed by atoms with van der Waals surface area (Å²) in [7, 11) is 1.97. The van der Waals surface area contributed by atoms with Gasteiger partial charge in [-0.1, -0.05) is 20.8 Å². The van der Waals surface area contributed by atoms with Gasteiger partial charge >= 0.3 is 0 Å². The number of rotatable bonds is 5. The highest BCUT2D eigenvalue weighted by atomic mass is 32.1. The van der Waals surface area contributed by atoms with Gasteiger partial charge in [-0.3, -0.25) is 0 Å². The topological polar surface area (TPSA) is 34.1 Å². The summed E-state index contributed by atoms with van der Waals surface area (Å²) >= 11 is 1.76. The molecule has 0 spiro atoms. The standard InChI is InChI=1S/C14H26N2OS/c1-8-17-14(5,6)12-16-11(13(2,3)4)10(18-12)9-15-7/h15H,8-9H2,1-7H3. The van der Waals surface area contributed by atoms with Crippen molar-refractivity contribution in [3.63, 3.8) is 0 Å². The molecule has 0 saturated heterocycles. The third-order valence-electron chi connectivity index (χ3n) is 2.77. The predicted molar refractivity (Wildman–Crippen MR) is 78.2 cm³/mol. The molecule has 1 aromatic rings. The van der Waals surface area contributed by atoms with Gasteiger partial charge in [-0.05, 0) is 27.8 Å². The summed E-state index contributed by atoms with van der Waals surface area (Å²) in [5.74, 6) is 0. The number of hydrogen-bond donors (Lipinski definition) is 1. The second-order valence-corrected chi connectivity index (χ2v) is 7.10. The molecule has 18 heavy (non-hydrogen) atoms. The van der Waals surface area contributed by atoms with Crippen molar-refractivity contribution >= 4 is 11.3 Å². The smallest absolute Gasteiger partial charge is 0.125 e. The van der Waals surface area contributed by atoms with Crippen LogP contribution in [0.2, 0.25) is 0 Å². The molecule has 0 atom stereocenters. The first-order chi connectivity index (χ1) is 8.22. The third kappa shape index (κ3) is 3.53. The summed E-state index contributed by atoms with van der Waals surface area (Å²) < 4.78 is 5.80. The lowest BCUT2D eigenvalue weighted by Crippen LogP contribution is -2.22. The van der Waals surface area contributed by atoms with E-state index < -0.39 is 0 Å². The summed E-state index contributed by atoms with van der Waals surface area (Å²) in [4.78, 5) is 6.16. The predicted octanol–water partition coefficient (Wildman–Crippen LogP) is 3.43. The summed E-state index contributed by atoms with van der Waals surface area (Å²) in [6, 6.07) is 0. The van der Waals surface area contributed by atoms with Crippen LogP contribution in [-0.4, -0.2) is 18.6 Å². The van der Waals surface area contributed by atoms with Crippen LogP contribution in [0, 0.1) is 0 Å². The van der Waals surface area contributed by atoms with Crippen LogP contribution >= 0.6 is 11.3 Å². The van der Waals surface area contributed by atoms with E-state index in [-0.39, 0.29) is 11.0 Å². The lowest BCUT2D eigenvalue weighted by molar-refractivity contribution is -0.0143. The summed E-state index contributed by atoms with van der Waals surface area (Å²) in [6.07, 6.45) is 0. The normalized spacial score (nSPS) is 13.1. The first-order valence-electron chi connectivity index (χ1n) is 6.51. The van der Waals surface area contributed by atoms with Gasteiger partial charge in [0, 0.05) is 23.4 Å². The molecule has 1 aromatic heterocycles. The molecule has 0 saturated carbocycles. The number of aromatic nitrogens is 1. The summed E-state index contributed by atoms with van der Waals surface area (Å²) in [5.41, 5.74) is 0.957. The van der Waals surface area contributed by atoms with Gasteiger partial charge < -0.3 is 10.1 Å². The van der Waals surface area contributed by atoms with Gasteiger partial charge in [0.1, 0.15) is 10.6 Å². The minimum absolute atomic E-state index is 0.0726. The van der Waals surface area contributed by atoms with Crippen molar-refractivity contribution in [2.24, 2.45) is 0 Å². The summed E-state index contributed by atoms with van der Waals surface area (Å²) in [5, 5.41) is 4.29. The van der Waals surface area contributed by atoms with Crippen LogP contribution < -0.4 is 5.32 Å². The van der Waals surface area contributed by atoms with Crippen LogP contribution in [0.25, 0.3) is 0 Å². The first-order valence-corrected chi connectivity index (χ1v) is 7.33. The van der Waals surface area contributed by atoms with E-state index >= 15 is 0 Å². The van der Waals surface area contributed by atoms with Gasteiger partial charge in [0.2, 0.25) is 0 Å².